The molecule has 0 unspecified atom stereocenters. The number of nitrogens with one attached hydrogen (secondary N) is 3. The van der Waals surface area contributed by atoms with E-state index in [1.807, 2.05) is 13.0 Å². The van der Waals surface area contributed by atoms with Crippen LogP contribution in [0.1, 0.15) is 58.8 Å². The summed E-state index contributed by atoms with van der Waals surface area (Å²) in [6.45, 7) is 2.50. The first-order valence-electron chi connectivity index (χ1n) is 18.1. The number of aromatic nitrogens is 2. The van der Waals surface area contributed by atoms with Gasteiger partial charge in [-0.05, 0) is 62.5 Å². The number of carbonyl (C=O) groups excluding carboxylic acids is 3. The van der Waals surface area contributed by atoms with Crippen molar-refractivity contribution < 1.29 is 46.6 Å². The number of ether oxygens (including phenoxy) is 2. The van der Waals surface area contributed by atoms with Crippen molar-refractivity contribution in [2.75, 3.05) is 39.3 Å². The van der Waals surface area contributed by atoms with Crippen LogP contribution in [0, 0.1) is 17.8 Å². The lowest BCUT2D eigenvalue weighted by atomic mass is 9.88. The average Bonchev–Trinajstić information content (AvgIpc) is 4.02. The first-order valence-corrected chi connectivity index (χ1v) is 19.6. The number of methoxy groups -OCH3 is 1. The summed E-state index contributed by atoms with van der Waals surface area (Å²) in [7, 11) is 0.656. The second kappa shape index (κ2) is 14.8. The minimum atomic E-state index is -4.40. The highest BCUT2D eigenvalue weighted by atomic mass is 32.2. The number of halogens is 1. The van der Waals surface area contributed by atoms with Crippen molar-refractivity contribution in [1.82, 2.24) is 30.2 Å². The van der Waals surface area contributed by atoms with E-state index >= 15 is 0 Å². The van der Waals surface area contributed by atoms with Crippen molar-refractivity contribution in [2.45, 2.75) is 87.3 Å². The summed E-state index contributed by atoms with van der Waals surface area (Å²) in [5.41, 5.74) is -1.16. The number of alkyl halides is 1. The van der Waals surface area contributed by atoms with Gasteiger partial charge >= 0.3 is 6.09 Å². The number of nitrogens with zero attached hydrogens (tertiary/aromatic N) is 4. The second-order valence-electron chi connectivity index (χ2n) is 15.4. The number of amides is 4. The van der Waals surface area contributed by atoms with Gasteiger partial charge in [-0.2, -0.15) is 4.98 Å². The largest absolute Gasteiger partial charge is 0.497 e. The third-order valence-electron chi connectivity index (χ3n) is 11.1. The fourth-order valence-corrected chi connectivity index (χ4v) is 8.95. The summed E-state index contributed by atoms with van der Waals surface area (Å²) in [4.78, 5) is 66.8. The first-order chi connectivity index (χ1) is 25.5. The van der Waals surface area contributed by atoms with E-state index in [1.54, 1.807) is 50.2 Å². The van der Waals surface area contributed by atoms with Crippen LogP contribution in [-0.4, -0.2) is 115 Å². The third-order valence-corrected chi connectivity index (χ3v) is 13.2. The molecule has 6 rings (SSSR count). The SMILES string of the molecule is COc1ccc2c(O[C@@H]3C[C@H]4C(=O)N[C@]5(C(=O)NS(=O)(=O)C6(CF)CC6)C[C@H]5C=CCC[C@@H](C)C[C@@H](C)[C@H](NC(=O)O)C(=O)N4C3)nc(N(C)C)nc2c1. The highest BCUT2D eigenvalue weighted by Gasteiger charge is 2.64. The zero-order valence-electron chi connectivity index (χ0n) is 31.0. The summed E-state index contributed by atoms with van der Waals surface area (Å²) in [6, 6.07) is 2.72. The van der Waals surface area contributed by atoms with Crippen LogP contribution in [0.5, 0.6) is 11.6 Å². The number of sulfonamides is 1. The molecule has 294 valence electrons. The number of hydrogen-bond donors (Lipinski definition) is 4. The van der Waals surface area contributed by atoms with Gasteiger partial charge in [0.25, 0.3) is 5.91 Å². The van der Waals surface area contributed by atoms with E-state index in [9.17, 15) is 37.1 Å². The predicted molar refractivity (Wildman–Crippen MR) is 195 cm³/mol. The Hall–Kier alpha value is -4.74. The maximum atomic E-state index is 14.4. The summed E-state index contributed by atoms with van der Waals surface area (Å²) in [6.07, 6.45) is 3.38. The molecule has 1 aromatic carbocycles. The Morgan fingerprint density at radius 2 is 1.91 bits per heavy atom. The van der Waals surface area contributed by atoms with Crippen molar-refractivity contribution in [3.8, 4) is 11.6 Å². The average molecular weight is 774 g/mol. The van der Waals surface area contributed by atoms with Gasteiger partial charge < -0.3 is 35.0 Å². The molecule has 16 nitrogen and oxygen atoms in total. The van der Waals surface area contributed by atoms with Crippen LogP contribution in [0.15, 0.2) is 30.4 Å². The number of carboxylic acid groups (broad SMARTS) is 1. The molecule has 0 spiro atoms. The van der Waals surface area contributed by atoms with E-state index in [2.05, 4.69) is 25.3 Å². The van der Waals surface area contributed by atoms with Gasteiger partial charge in [-0.25, -0.2) is 22.6 Å². The first kappa shape index (κ1) is 39.0. The number of allylic oxidation sites excluding steroid dienone is 1. The van der Waals surface area contributed by atoms with Crippen molar-refractivity contribution in [3.63, 3.8) is 0 Å². The minimum absolute atomic E-state index is 0.0669. The van der Waals surface area contributed by atoms with E-state index in [0.29, 0.717) is 41.9 Å². The Labute approximate surface area is 313 Å². The molecule has 1 aromatic heterocycles. The van der Waals surface area contributed by atoms with Crippen LogP contribution in [-0.2, 0) is 24.4 Å². The Kier molecular flexibility index (Phi) is 10.7. The number of hydrogen-bond acceptors (Lipinski definition) is 11. The third kappa shape index (κ3) is 7.61. The van der Waals surface area contributed by atoms with Crippen LogP contribution < -0.4 is 29.7 Å². The molecule has 1 saturated heterocycles. The van der Waals surface area contributed by atoms with Gasteiger partial charge in [0, 0.05) is 32.5 Å². The topological polar surface area (TPSA) is 209 Å². The Morgan fingerprint density at radius 3 is 2.56 bits per heavy atom. The van der Waals surface area contributed by atoms with E-state index in [1.165, 1.54) is 12.0 Å². The van der Waals surface area contributed by atoms with Crippen molar-refractivity contribution in [2.24, 2.45) is 17.8 Å². The summed E-state index contributed by atoms with van der Waals surface area (Å²) < 4.78 is 52.3. The van der Waals surface area contributed by atoms with Gasteiger partial charge in [-0.15, -0.1) is 0 Å². The van der Waals surface area contributed by atoms with E-state index in [-0.39, 0.29) is 44.0 Å². The molecule has 2 saturated carbocycles. The molecule has 2 aromatic rings. The summed E-state index contributed by atoms with van der Waals surface area (Å²) >= 11 is 0. The predicted octanol–water partition coefficient (Wildman–Crippen LogP) is 2.52. The van der Waals surface area contributed by atoms with Crippen LogP contribution >= 0.6 is 0 Å². The van der Waals surface area contributed by atoms with Crippen LogP contribution in [0.3, 0.4) is 0 Å². The fourth-order valence-electron chi connectivity index (χ4n) is 7.53. The van der Waals surface area contributed by atoms with E-state index < -0.39 is 80.8 Å². The van der Waals surface area contributed by atoms with Crippen LogP contribution in [0.25, 0.3) is 10.9 Å². The van der Waals surface area contributed by atoms with Crippen molar-refractivity contribution >= 4 is 50.7 Å². The van der Waals surface area contributed by atoms with E-state index in [0.717, 1.165) is 0 Å². The maximum absolute atomic E-state index is 14.4. The Morgan fingerprint density at radius 1 is 1.17 bits per heavy atom. The van der Waals surface area contributed by atoms with Gasteiger partial charge in [-0.3, -0.25) is 19.1 Å². The van der Waals surface area contributed by atoms with Crippen molar-refractivity contribution in [1.29, 1.82) is 0 Å². The molecule has 4 amide bonds. The van der Waals surface area contributed by atoms with Gasteiger partial charge in [0.05, 0.1) is 24.6 Å². The Balaban J connectivity index is 1.36. The van der Waals surface area contributed by atoms with E-state index in [4.69, 9.17) is 9.47 Å². The molecular weight excluding hydrogens is 726 g/mol. The second-order valence-corrected chi connectivity index (χ2v) is 17.4. The smallest absolute Gasteiger partial charge is 0.405 e. The zero-order chi connectivity index (χ0) is 39.2. The van der Waals surface area contributed by atoms with Crippen LogP contribution in [0.2, 0.25) is 0 Å². The quantitative estimate of drug-likeness (QED) is 0.271. The zero-order valence-corrected chi connectivity index (χ0v) is 31.8. The summed E-state index contributed by atoms with van der Waals surface area (Å²) in [5.74, 6) is -2.24. The van der Waals surface area contributed by atoms with Gasteiger partial charge in [0.2, 0.25) is 33.7 Å². The molecule has 4 N–H and O–H groups in total. The number of fused-ring (bicyclic) bond motifs is 3. The van der Waals surface area contributed by atoms with Gasteiger partial charge in [-0.1, -0.05) is 26.0 Å². The summed E-state index contributed by atoms with van der Waals surface area (Å²) in [5, 5.41) is 15.5. The minimum Gasteiger partial charge on any atom is -0.497 e. The molecule has 3 fully saturated rings. The molecule has 54 heavy (non-hydrogen) atoms. The molecule has 0 bridgehead atoms. The molecule has 18 heteroatoms. The molecule has 4 aliphatic rings. The number of anilines is 1. The van der Waals surface area contributed by atoms with Gasteiger partial charge in [0.1, 0.15) is 40.9 Å². The molecule has 2 aliphatic heterocycles. The molecule has 2 aliphatic carbocycles. The number of rotatable bonds is 9. The maximum Gasteiger partial charge on any atom is 0.405 e. The lowest BCUT2D eigenvalue weighted by Crippen LogP contribution is -2.59. The molecule has 0 radical (unpaired) electrons. The molecule has 7 atom stereocenters. The number of carbonyl (C=O) groups is 4. The monoisotopic (exact) mass is 773 g/mol. The number of benzene rings is 1. The highest BCUT2D eigenvalue weighted by molar-refractivity contribution is 7.91. The van der Waals surface area contributed by atoms with Crippen molar-refractivity contribution in [3.05, 3.63) is 30.4 Å². The Bertz CT molecular complexity index is 1960. The highest BCUT2D eigenvalue weighted by Crippen LogP contribution is 2.48. The fraction of sp³-hybridized carbons (Fsp3) is 0.611. The molecule has 3 heterocycles. The molecular formula is C36H48FN7O9S. The van der Waals surface area contributed by atoms with Gasteiger partial charge in [0.15, 0.2) is 0 Å². The standard InChI is InChI=1S/C36H48FN7O9S/c1-20-8-6-7-9-22-17-36(22,32(47)42-54(50,51)35(19-37)12-13-35)41-29(45)27-16-24(18-44(27)31(46)28(21(2)14-20)39-34(48)49)53-30-25-11-10-23(52-5)15-26(25)38-33(40-30)43(3)4/h7,9-11,15,20-22,24,27-28,39H,6,8,12-14,16-19H2,1-5H3,(H,41,45)(H,42,47)(H,48,49)/t20-,21-,22-,24-,27+,28+,36-/m1/s1. The van der Waals surface area contributed by atoms with Crippen LogP contribution in [0.4, 0.5) is 15.1 Å². The lowest BCUT2D eigenvalue weighted by molar-refractivity contribution is -0.142. The normalized spacial score (nSPS) is 29.5. The lowest BCUT2D eigenvalue weighted by Gasteiger charge is -2.32.